The molecule has 3 heterocycles. The standard InChI is InChI=1S/C16H26N4O/c1-18-7-9-19(10-8-18)12-14-3-2-6-20(13-14)16(21)15-4-5-17-11-15/h4-5,11,14,17H,2-3,6-10,12-13H2,1H3/t14-/m0/s1. The van der Waals surface area contributed by atoms with E-state index in [2.05, 4.69) is 21.8 Å². The molecule has 116 valence electrons. The number of nitrogens with zero attached hydrogens (tertiary/aromatic N) is 3. The van der Waals surface area contributed by atoms with E-state index in [4.69, 9.17) is 0 Å². The molecule has 1 aromatic rings. The van der Waals surface area contributed by atoms with Crippen LogP contribution in [0.5, 0.6) is 0 Å². The summed E-state index contributed by atoms with van der Waals surface area (Å²) in [5.41, 5.74) is 0.787. The summed E-state index contributed by atoms with van der Waals surface area (Å²) in [6.07, 6.45) is 6.00. The van der Waals surface area contributed by atoms with Gasteiger partial charge in [0.1, 0.15) is 0 Å². The zero-order valence-electron chi connectivity index (χ0n) is 12.9. The summed E-state index contributed by atoms with van der Waals surface area (Å²) in [7, 11) is 2.19. The first-order chi connectivity index (χ1) is 10.2. The van der Waals surface area contributed by atoms with Gasteiger partial charge in [-0.05, 0) is 31.9 Å². The number of aromatic nitrogens is 1. The Hall–Kier alpha value is -1.33. The van der Waals surface area contributed by atoms with Gasteiger partial charge in [0.15, 0.2) is 0 Å². The normalized spacial score (nSPS) is 25.2. The number of likely N-dealkylation sites (N-methyl/N-ethyl adjacent to an activating group) is 1. The van der Waals surface area contributed by atoms with Crippen LogP contribution in [0.3, 0.4) is 0 Å². The van der Waals surface area contributed by atoms with Crippen LogP contribution in [0, 0.1) is 5.92 Å². The van der Waals surface area contributed by atoms with Gasteiger partial charge in [-0.15, -0.1) is 0 Å². The van der Waals surface area contributed by atoms with Crippen molar-refractivity contribution < 1.29 is 4.79 Å². The maximum absolute atomic E-state index is 12.4. The highest BCUT2D eigenvalue weighted by molar-refractivity contribution is 5.94. The number of piperazine rings is 1. The molecule has 2 aliphatic rings. The van der Waals surface area contributed by atoms with Crippen LogP contribution < -0.4 is 0 Å². The number of likely N-dealkylation sites (tertiary alicyclic amines) is 1. The summed E-state index contributed by atoms with van der Waals surface area (Å²) < 4.78 is 0. The molecule has 2 fully saturated rings. The molecule has 1 amide bonds. The lowest BCUT2D eigenvalue weighted by molar-refractivity contribution is 0.0609. The number of nitrogens with one attached hydrogen (secondary N) is 1. The molecule has 0 aromatic carbocycles. The van der Waals surface area contributed by atoms with Gasteiger partial charge in [0.2, 0.25) is 0 Å². The molecule has 0 aliphatic carbocycles. The second kappa shape index (κ2) is 6.62. The van der Waals surface area contributed by atoms with Gasteiger partial charge in [0.25, 0.3) is 5.91 Å². The van der Waals surface area contributed by atoms with E-state index < -0.39 is 0 Å². The van der Waals surface area contributed by atoms with Gasteiger partial charge in [-0.1, -0.05) is 0 Å². The Bertz CT molecular complexity index is 451. The summed E-state index contributed by atoms with van der Waals surface area (Å²) in [5, 5.41) is 0. The van der Waals surface area contributed by atoms with Crippen molar-refractivity contribution in [3.8, 4) is 0 Å². The van der Waals surface area contributed by atoms with E-state index in [0.717, 1.165) is 31.6 Å². The van der Waals surface area contributed by atoms with Gasteiger partial charge in [-0.3, -0.25) is 4.79 Å². The first kappa shape index (κ1) is 14.6. The fourth-order valence-corrected chi connectivity index (χ4v) is 3.43. The fourth-order valence-electron chi connectivity index (χ4n) is 3.43. The Balaban J connectivity index is 1.52. The molecular formula is C16H26N4O. The van der Waals surface area contributed by atoms with Crippen LogP contribution in [0.15, 0.2) is 18.5 Å². The summed E-state index contributed by atoms with van der Waals surface area (Å²) in [6, 6.07) is 1.87. The van der Waals surface area contributed by atoms with Crippen LogP contribution in [0.25, 0.3) is 0 Å². The van der Waals surface area contributed by atoms with E-state index in [0.29, 0.717) is 5.92 Å². The maximum Gasteiger partial charge on any atom is 0.255 e. The molecule has 1 aromatic heterocycles. The molecule has 21 heavy (non-hydrogen) atoms. The molecule has 3 rings (SSSR count). The predicted octanol–water partition coefficient (Wildman–Crippen LogP) is 1.11. The van der Waals surface area contributed by atoms with E-state index in [1.807, 2.05) is 17.2 Å². The van der Waals surface area contributed by atoms with Crippen molar-refractivity contribution in [1.29, 1.82) is 0 Å². The highest BCUT2D eigenvalue weighted by atomic mass is 16.2. The van der Waals surface area contributed by atoms with E-state index in [1.54, 1.807) is 6.20 Å². The van der Waals surface area contributed by atoms with Crippen molar-refractivity contribution in [3.63, 3.8) is 0 Å². The molecule has 5 heteroatoms. The molecule has 0 spiro atoms. The number of H-pyrrole nitrogens is 1. The van der Waals surface area contributed by atoms with Gasteiger partial charge in [-0.2, -0.15) is 0 Å². The number of rotatable bonds is 3. The molecule has 0 saturated carbocycles. The minimum absolute atomic E-state index is 0.180. The van der Waals surface area contributed by atoms with Crippen LogP contribution in [0.2, 0.25) is 0 Å². The number of piperidine rings is 1. The second-order valence-corrected chi connectivity index (χ2v) is 6.46. The summed E-state index contributed by atoms with van der Waals surface area (Å²) in [5.74, 6) is 0.810. The highest BCUT2D eigenvalue weighted by Gasteiger charge is 2.26. The zero-order chi connectivity index (χ0) is 14.7. The molecule has 1 N–H and O–H groups in total. The minimum atomic E-state index is 0.180. The molecular weight excluding hydrogens is 264 g/mol. The topological polar surface area (TPSA) is 42.6 Å². The van der Waals surface area contributed by atoms with Crippen molar-refractivity contribution in [2.24, 2.45) is 5.92 Å². The largest absolute Gasteiger partial charge is 0.367 e. The van der Waals surface area contributed by atoms with Gasteiger partial charge in [-0.25, -0.2) is 0 Å². The van der Waals surface area contributed by atoms with Crippen molar-refractivity contribution in [3.05, 3.63) is 24.0 Å². The van der Waals surface area contributed by atoms with Crippen LogP contribution in [-0.2, 0) is 0 Å². The van der Waals surface area contributed by atoms with Gasteiger partial charge >= 0.3 is 0 Å². The maximum atomic E-state index is 12.4. The van der Waals surface area contributed by atoms with E-state index in [-0.39, 0.29) is 5.91 Å². The number of amides is 1. The third-order valence-corrected chi connectivity index (χ3v) is 4.76. The number of carbonyl (C=O) groups is 1. The highest BCUT2D eigenvalue weighted by Crippen LogP contribution is 2.20. The Kier molecular flexibility index (Phi) is 4.60. The van der Waals surface area contributed by atoms with Crippen LogP contribution in [0.1, 0.15) is 23.2 Å². The average Bonchev–Trinajstić information content (AvgIpc) is 3.03. The molecule has 2 aliphatic heterocycles. The van der Waals surface area contributed by atoms with Crippen molar-refractivity contribution in [2.45, 2.75) is 12.8 Å². The molecule has 0 unspecified atom stereocenters. The Morgan fingerprint density at radius 3 is 2.81 bits per heavy atom. The number of hydrogen-bond acceptors (Lipinski definition) is 3. The predicted molar refractivity (Wildman–Crippen MR) is 83.4 cm³/mol. The molecule has 1 atom stereocenters. The first-order valence-corrected chi connectivity index (χ1v) is 8.05. The lowest BCUT2D eigenvalue weighted by Gasteiger charge is -2.38. The molecule has 0 radical (unpaired) electrons. The molecule has 2 saturated heterocycles. The molecule has 5 nitrogen and oxygen atoms in total. The average molecular weight is 290 g/mol. The van der Waals surface area contributed by atoms with Crippen molar-refractivity contribution in [2.75, 3.05) is 52.9 Å². The second-order valence-electron chi connectivity index (χ2n) is 6.46. The van der Waals surface area contributed by atoms with E-state index in [9.17, 15) is 4.79 Å². The van der Waals surface area contributed by atoms with Crippen LogP contribution in [-0.4, -0.2) is 78.5 Å². The quantitative estimate of drug-likeness (QED) is 0.907. The number of aromatic amines is 1. The summed E-state index contributed by atoms with van der Waals surface area (Å²) in [4.78, 5) is 22.4. The van der Waals surface area contributed by atoms with E-state index >= 15 is 0 Å². The minimum Gasteiger partial charge on any atom is -0.367 e. The fraction of sp³-hybridized carbons (Fsp3) is 0.688. The smallest absolute Gasteiger partial charge is 0.255 e. The Labute approximate surface area is 126 Å². The number of carbonyl (C=O) groups excluding carboxylic acids is 1. The monoisotopic (exact) mass is 290 g/mol. The lowest BCUT2D eigenvalue weighted by atomic mass is 9.96. The molecule has 0 bridgehead atoms. The van der Waals surface area contributed by atoms with Crippen LogP contribution >= 0.6 is 0 Å². The van der Waals surface area contributed by atoms with Crippen molar-refractivity contribution in [1.82, 2.24) is 19.7 Å². The Morgan fingerprint density at radius 2 is 2.10 bits per heavy atom. The van der Waals surface area contributed by atoms with E-state index in [1.165, 1.54) is 32.6 Å². The summed E-state index contributed by atoms with van der Waals surface area (Å²) in [6.45, 7) is 7.62. The lowest BCUT2D eigenvalue weighted by Crippen LogP contribution is -2.49. The van der Waals surface area contributed by atoms with Crippen LogP contribution in [0.4, 0.5) is 0 Å². The summed E-state index contributed by atoms with van der Waals surface area (Å²) >= 11 is 0. The Morgan fingerprint density at radius 1 is 1.29 bits per heavy atom. The van der Waals surface area contributed by atoms with Gasteiger partial charge in [0.05, 0.1) is 5.56 Å². The third-order valence-electron chi connectivity index (χ3n) is 4.76. The number of hydrogen-bond donors (Lipinski definition) is 1. The SMILES string of the molecule is CN1CCN(C[C@@H]2CCCN(C(=O)c3cc[nH]c3)C2)CC1. The van der Waals surface area contributed by atoms with Crippen molar-refractivity contribution >= 4 is 5.91 Å². The first-order valence-electron chi connectivity index (χ1n) is 8.05. The van der Waals surface area contributed by atoms with Gasteiger partial charge in [0, 0.05) is 58.2 Å². The third kappa shape index (κ3) is 3.66. The zero-order valence-corrected chi connectivity index (χ0v) is 12.9. The van der Waals surface area contributed by atoms with Gasteiger partial charge < -0.3 is 19.7 Å².